The molecule has 2 N–H and O–H groups in total. The number of aryl methyl sites for hydroxylation is 1. The van der Waals surface area contributed by atoms with E-state index in [4.69, 9.17) is 4.74 Å². The quantitative estimate of drug-likeness (QED) is 0.230. The van der Waals surface area contributed by atoms with Crippen molar-refractivity contribution in [3.63, 3.8) is 0 Å². The van der Waals surface area contributed by atoms with Gasteiger partial charge >= 0.3 is 0 Å². The number of likely N-dealkylation sites (N-methyl/N-ethyl adjacent to an activating group) is 1. The largest absolute Gasteiger partial charge is 0.497 e. The van der Waals surface area contributed by atoms with Gasteiger partial charge in [-0.15, -0.1) is 0 Å². The molecule has 11 heteroatoms. The van der Waals surface area contributed by atoms with Crippen molar-refractivity contribution in [2.24, 2.45) is 0 Å². The second kappa shape index (κ2) is 12.3. The highest BCUT2D eigenvalue weighted by molar-refractivity contribution is 7.92. The van der Waals surface area contributed by atoms with Gasteiger partial charge in [-0.25, -0.2) is 13.9 Å². The number of carbonyl (C=O) groups excluding carboxylic acids is 2. The number of sulfonamides is 1. The average molecular weight is 539 g/mol. The summed E-state index contributed by atoms with van der Waals surface area (Å²) in [6.45, 7) is 4.40. The van der Waals surface area contributed by atoms with Gasteiger partial charge in [-0.05, 0) is 85.1 Å². The zero-order valence-corrected chi connectivity index (χ0v) is 22.4. The Morgan fingerprint density at radius 1 is 1.11 bits per heavy atom. The molecule has 2 amide bonds. The number of hydrogen-bond donors (Lipinski definition) is 2. The first kappa shape index (κ1) is 28.4. The van der Waals surface area contributed by atoms with Gasteiger partial charge in [0.05, 0.1) is 23.3 Å². The fourth-order valence-corrected chi connectivity index (χ4v) is 5.19. The van der Waals surface area contributed by atoms with Crippen LogP contribution in [0.4, 0.5) is 5.69 Å². The summed E-state index contributed by atoms with van der Waals surface area (Å²) in [5, 5.41) is 9.35. The van der Waals surface area contributed by atoms with Crippen molar-refractivity contribution < 1.29 is 28.0 Å². The van der Waals surface area contributed by atoms with E-state index in [1.165, 1.54) is 50.6 Å². The Morgan fingerprint density at radius 2 is 1.76 bits per heavy atom. The standard InChI is InChI=1S/C27H30N4O6S/c1-5-31(18-20-12-14-28-15-13-20)25(32)11-6-21-16-19(2)26(24(17-21)27(33)29-34)30(3)38(35,36)23-9-7-22(37-4)8-10-23/h6-17,34H,5,18H2,1-4H3,(H,29,33). The van der Waals surface area contributed by atoms with Crippen LogP contribution in [0.1, 0.15) is 34.0 Å². The summed E-state index contributed by atoms with van der Waals surface area (Å²) in [4.78, 5) is 31.0. The fourth-order valence-electron chi connectivity index (χ4n) is 3.91. The molecule has 0 aliphatic carbocycles. The number of nitrogens with one attached hydrogen (secondary N) is 1. The zero-order chi connectivity index (χ0) is 27.9. The molecule has 0 atom stereocenters. The molecule has 0 bridgehead atoms. The van der Waals surface area contributed by atoms with Crippen molar-refractivity contribution in [3.05, 3.63) is 89.3 Å². The molecule has 0 radical (unpaired) electrons. The van der Waals surface area contributed by atoms with Crippen LogP contribution in [0.25, 0.3) is 6.08 Å². The molecule has 0 aliphatic rings. The van der Waals surface area contributed by atoms with Crippen LogP contribution in [0.15, 0.2) is 71.9 Å². The van der Waals surface area contributed by atoms with E-state index in [1.807, 2.05) is 19.1 Å². The smallest absolute Gasteiger partial charge is 0.276 e. The number of methoxy groups -OCH3 is 1. The Labute approximate surface area is 222 Å². The molecule has 2 aromatic carbocycles. The highest BCUT2D eigenvalue weighted by atomic mass is 32.2. The fraction of sp³-hybridized carbons (Fsp3) is 0.222. The molecule has 0 fully saturated rings. The molecule has 200 valence electrons. The minimum atomic E-state index is -4.05. The molecule has 0 spiro atoms. The van der Waals surface area contributed by atoms with Gasteiger partial charge in [-0.1, -0.05) is 0 Å². The summed E-state index contributed by atoms with van der Waals surface area (Å²) >= 11 is 0. The number of nitrogens with zero attached hydrogens (tertiary/aromatic N) is 3. The Balaban J connectivity index is 1.94. The maximum atomic E-state index is 13.3. The maximum Gasteiger partial charge on any atom is 0.276 e. The monoisotopic (exact) mass is 538 g/mol. The number of benzene rings is 2. The van der Waals surface area contributed by atoms with Crippen molar-refractivity contribution in [3.8, 4) is 5.75 Å². The maximum absolute atomic E-state index is 13.3. The van der Waals surface area contributed by atoms with Gasteiger partial charge < -0.3 is 9.64 Å². The van der Waals surface area contributed by atoms with Crippen LogP contribution in [0, 0.1) is 6.92 Å². The third kappa shape index (κ3) is 6.36. The Kier molecular flexibility index (Phi) is 9.21. The molecular formula is C27H30N4O6S. The van der Waals surface area contributed by atoms with E-state index in [9.17, 15) is 23.2 Å². The predicted octanol–water partition coefficient (Wildman–Crippen LogP) is 3.40. The predicted molar refractivity (Wildman–Crippen MR) is 143 cm³/mol. The average Bonchev–Trinajstić information content (AvgIpc) is 2.94. The Hall–Kier alpha value is -4.22. The minimum Gasteiger partial charge on any atom is -0.497 e. The topological polar surface area (TPSA) is 129 Å². The zero-order valence-electron chi connectivity index (χ0n) is 21.6. The lowest BCUT2D eigenvalue weighted by Gasteiger charge is -2.24. The van der Waals surface area contributed by atoms with E-state index < -0.39 is 15.9 Å². The van der Waals surface area contributed by atoms with Crippen LogP contribution in [0.5, 0.6) is 5.75 Å². The van der Waals surface area contributed by atoms with Crippen molar-refractivity contribution in [1.29, 1.82) is 0 Å². The van der Waals surface area contributed by atoms with Gasteiger partial charge in [0.1, 0.15) is 5.75 Å². The Bertz CT molecular complexity index is 1420. The highest BCUT2D eigenvalue weighted by Gasteiger charge is 2.27. The number of aromatic nitrogens is 1. The number of pyridine rings is 1. The van der Waals surface area contributed by atoms with E-state index in [0.717, 1.165) is 9.87 Å². The van der Waals surface area contributed by atoms with Crippen LogP contribution >= 0.6 is 0 Å². The number of anilines is 1. The number of carbonyl (C=O) groups is 2. The molecule has 10 nitrogen and oxygen atoms in total. The van der Waals surface area contributed by atoms with Gasteiger partial charge in [0.15, 0.2) is 0 Å². The van der Waals surface area contributed by atoms with Crippen LogP contribution in [0.3, 0.4) is 0 Å². The lowest BCUT2D eigenvalue weighted by atomic mass is 10.0. The molecule has 38 heavy (non-hydrogen) atoms. The normalized spacial score (nSPS) is 11.3. The second-order valence-corrected chi connectivity index (χ2v) is 10.3. The third-order valence-corrected chi connectivity index (χ3v) is 7.71. The number of hydroxylamine groups is 1. The first-order chi connectivity index (χ1) is 18.1. The number of amides is 2. The lowest BCUT2D eigenvalue weighted by Crippen LogP contribution is -2.31. The minimum absolute atomic E-state index is 0.000944. The van der Waals surface area contributed by atoms with Crippen LogP contribution in [0.2, 0.25) is 0 Å². The molecule has 3 rings (SSSR count). The Morgan fingerprint density at radius 3 is 2.34 bits per heavy atom. The molecule has 0 unspecified atom stereocenters. The molecule has 3 aromatic rings. The second-order valence-electron chi connectivity index (χ2n) is 8.36. The highest BCUT2D eigenvalue weighted by Crippen LogP contribution is 2.31. The van der Waals surface area contributed by atoms with Crippen molar-refractivity contribution >= 4 is 33.6 Å². The van der Waals surface area contributed by atoms with Gasteiger partial charge in [0, 0.05) is 38.6 Å². The third-order valence-electron chi connectivity index (χ3n) is 5.94. The van der Waals surface area contributed by atoms with Crippen LogP contribution < -0.4 is 14.5 Å². The summed E-state index contributed by atoms with van der Waals surface area (Å²) in [5.74, 6) is -0.635. The van der Waals surface area contributed by atoms with E-state index in [2.05, 4.69) is 4.98 Å². The van der Waals surface area contributed by atoms with Gasteiger partial charge in [-0.2, -0.15) is 0 Å². The summed E-state index contributed by atoms with van der Waals surface area (Å²) < 4.78 is 32.7. The lowest BCUT2D eigenvalue weighted by molar-refractivity contribution is -0.126. The molecular weight excluding hydrogens is 508 g/mol. The van der Waals surface area contributed by atoms with E-state index in [-0.39, 0.29) is 22.1 Å². The summed E-state index contributed by atoms with van der Waals surface area (Å²) in [7, 11) is -1.25. The molecule has 1 aromatic heterocycles. The number of ether oxygens (including phenoxy) is 1. The molecule has 1 heterocycles. The SMILES string of the molecule is CCN(Cc1ccncc1)C(=O)C=Cc1cc(C)c(N(C)S(=O)(=O)c2ccc(OC)cc2)c(C(=O)NO)c1. The first-order valence-corrected chi connectivity index (χ1v) is 13.1. The van der Waals surface area contributed by atoms with Gasteiger partial charge in [0.2, 0.25) is 5.91 Å². The van der Waals surface area contributed by atoms with Crippen molar-refractivity contribution in [1.82, 2.24) is 15.4 Å². The summed E-state index contributed by atoms with van der Waals surface area (Å²) in [6.07, 6.45) is 6.25. The van der Waals surface area contributed by atoms with E-state index in [0.29, 0.717) is 30.0 Å². The number of rotatable bonds is 10. The van der Waals surface area contributed by atoms with E-state index in [1.54, 1.807) is 41.8 Å². The number of hydrogen-bond acceptors (Lipinski definition) is 7. The molecule has 0 aliphatic heterocycles. The first-order valence-electron chi connectivity index (χ1n) is 11.7. The van der Waals surface area contributed by atoms with Gasteiger partial charge in [-0.3, -0.25) is 24.1 Å². The van der Waals surface area contributed by atoms with Crippen LogP contribution in [-0.2, 0) is 21.4 Å². The molecule has 0 saturated carbocycles. The van der Waals surface area contributed by atoms with Crippen LogP contribution in [-0.4, -0.2) is 56.0 Å². The van der Waals surface area contributed by atoms with Gasteiger partial charge in [0.25, 0.3) is 15.9 Å². The summed E-state index contributed by atoms with van der Waals surface area (Å²) in [6, 6.07) is 12.6. The summed E-state index contributed by atoms with van der Waals surface area (Å²) in [5.41, 5.74) is 3.45. The van der Waals surface area contributed by atoms with Crippen molar-refractivity contribution in [2.75, 3.05) is 25.0 Å². The van der Waals surface area contributed by atoms with Crippen molar-refractivity contribution in [2.45, 2.75) is 25.3 Å². The van der Waals surface area contributed by atoms with E-state index >= 15 is 0 Å². The molecule has 0 saturated heterocycles.